The average Bonchev–Trinajstić information content (AvgIpc) is 2.40. The van der Waals surface area contributed by atoms with Crippen LogP contribution in [-0.4, -0.2) is 48.7 Å². The Morgan fingerprint density at radius 3 is 2.53 bits per heavy atom. The van der Waals surface area contributed by atoms with E-state index in [1.165, 1.54) is 12.5 Å². The van der Waals surface area contributed by atoms with Crippen LogP contribution in [0.5, 0.6) is 0 Å². The van der Waals surface area contributed by atoms with Crippen molar-refractivity contribution in [2.24, 2.45) is 0 Å². The normalized spacial score (nSPS) is 16.6. The van der Waals surface area contributed by atoms with Gasteiger partial charge in [0.2, 0.25) is 0 Å². The average molecular weight is 263 g/mol. The molecule has 1 aliphatic heterocycles. The molecule has 0 atom stereocenters. The molecule has 0 radical (unpaired) electrons. The standard InChI is InChI=1S/C14H21N3O2/c1-2-5-16-6-8-17(9-7-16)13-4-3-11(14(18)19)10-12(13)15/h3-4,10H,2,5-9,15H2,1H3,(H,18,19). The van der Waals surface area contributed by atoms with Crippen LogP contribution in [0.2, 0.25) is 0 Å². The van der Waals surface area contributed by atoms with Crippen LogP contribution in [0.15, 0.2) is 18.2 Å². The summed E-state index contributed by atoms with van der Waals surface area (Å²) in [6.45, 7) is 7.28. The summed E-state index contributed by atoms with van der Waals surface area (Å²) in [6.07, 6.45) is 1.18. The maximum absolute atomic E-state index is 10.9. The topological polar surface area (TPSA) is 69.8 Å². The number of hydrogen-bond donors (Lipinski definition) is 2. The molecule has 0 aliphatic carbocycles. The minimum absolute atomic E-state index is 0.242. The molecule has 1 aliphatic rings. The van der Waals surface area contributed by atoms with Gasteiger partial charge >= 0.3 is 5.97 Å². The Kier molecular flexibility index (Phi) is 4.27. The Labute approximate surface area is 113 Å². The minimum Gasteiger partial charge on any atom is -0.478 e. The van der Waals surface area contributed by atoms with Gasteiger partial charge < -0.3 is 15.7 Å². The van der Waals surface area contributed by atoms with E-state index in [0.29, 0.717) is 5.69 Å². The number of carboxylic acids is 1. The Balaban J connectivity index is 2.05. The third-order valence-electron chi connectivity index (χ3n) is 3.53. The summed E-state index contributed by atoms with van der Waals surface area (Å²) in [4.78, 5) is 15.6. The molecule has 0 unspecified atom stereocenters. The molecule has 1 aromatic rings. The number of nitrogen functional groups attached to an aromatic ring is 1. The van der Waals surface area contributed by atoms with E-state index in [0.717, 1.165) is 38.4 Å². The molecule has 1 aromatic carbocycles. The van der Waals surface area contributed by atoms with Crippen molar-refractivity contribution in [2.45, 2.75) is 13.3 Å². The van der Waals surface area contributed by atoms with Crippen LogP contribution in [0.4, 0.5) is 11.4 Å². The van der Waals surface area contributed by atoms with Crippen LogP contribution >= 0.6 is 0 Å². The number of anilines is 2. The fourth-order valence-corrected chi connectivity index (χ4v) is 2.50. The van der Waals surface area contributed by atoms with Gasteiger partial charge in [-0.2, -0.15) is 0 Å². The lowest BCUT2D eigenvalue weighted by atomic mass is 10.1. The van der Waals surface area contributed by atoms with Crippen LogP contribution in [0, 0.1) is 0 Å². The van der Waals surface area contributed by atoms with E-state index in [4.69, 9.17) is 10.8 Å². The first-order chi connectivity index (χ1) is 9.11. The Morgan fingerprint density at radius 2 is 2.00 bits per heavy atom. The maximum Gasteiger partial charge on any atom is 0.335 e. The number of nitrogens with zero attached hydrogens (tertiary/aromatic N) is 2. The second-order valence-corrected chi connectivity index (χ2v) is 4.91. The molecule has 5 nitrogen and oxygen atoms in total. The largest absolute Gasteiger partial charge is 0.478 e. The third kappa shape index (κ3) is 3.17. The van der Waals surface area contributed by atoms with Crippen LogP contribution in [0.1, 0.15) is 23.7 Å². The molecule has 1 fully saturated rings. The molecule has 19 heavy (non-hydrogen) atoms. The molecule has 104 valence electrons. The van der Waals surface area contributed by atoms with Gasteiger partial charge in [0.15, 0.2) is 0 Å². The lowest BCUT2D eigenvalue weighted by molar-refractivity contribution is 0.0697. The van der Waals surface area contributed by atoms with Crippen molar-refractivity contribution < 1.29 is 9.90 Å². The number of piperazine rings is 1. The van der Waals surface area contributed by atoms with E-state index in [-0.39, 0.29) is 5.56 Å². The molecule has 0 amide bonds. The predicted molar refractivity (Wildman–Crippen MR) is 76.8 cm³/mol. The van der Waals surface area contributed by atoms with E-state index in [1.807, 2.05) is 6.07 Å². The highest BCUT2D eigenvalue weighted by molar-refractivity contribution is 5.90. The molecule has 0 bridgehead atoms. The minimum atomic E-state index is -0.939. The quantitative estimate of drug-likeness (QED) is 0.806. The molecule has 2 rings (SSSR count). The van der Waals surface area contributed by atoms with Gasteiger partial charge in [-0.05, 0) is 31.2 Å². The number of carbonyl (C=O) groups is 1. The van der Waals surface area contributed by atoms with Crippen LogP contribution < -0.4 is 10.6 Å². The number of nitrogens with two attached hydrogens (primary N) is 1. The Hall–Kier alpha value is -1.75. The highest BCUT2D eigenvalue weighted by atomic mass is 16.4. The second-order valence-electron chi connectivity index (χ2n) is 4.91. The van der Waals surface area contributed by atoms with Crippen LogP contribution in [-0.2, 0) is 0 Å². The molecule has 1 heterocycles. The SMILES string of the molecule is CCCN1CCN(c2ccc(C(=O)O)cc2N)CC1. The van der Waals surface area contributed by atoms with E-state index in [2.05, 4.69) is 16.7 Å². The fraction of sp³-hybridized carbons (Fsp3) is 0.500. The lowest BCUT2D eigenvalue weighted by Crippen LogP contribution is -2.46. The number of rotatable bonds is 4. The first-order valence-corrected chi connectivity index (χ1v) is 6.72. The zero-order chi connectivity index (χ0) is 13.8. The summed E-state index contributed by atoms with van der Waals surface area (Å²) in [5.41, 5.74) is 7.70. The van der Waals surface area contributed by atoms with Gasteiger partial charge in [-0.25, -0.2) is 4.79 Å². The summed E-state index contributed by atoms with van der Waals surface area (Å²) >= 11 is 0. The van der Waals surface area contributed by atoms with Crippen molar-refractivity contribution in [3.63, 3.8) is 0 Å². The molecule has 0 saturated carbocycles. The Morgan fingerprint density at radius 1 is 1.32 bits per heavy atom. The van der Waals surface area contributed by atoms with E-state index in [1.54, 1.807) is 6.07 Å². The highest BCUT2D eigenvalue weighted by Gasteiger charge is 2.18. The predicted octanol–water partition coefficient (Wildman–Crippen LogP) is 1.50. The lowest BCUT2D eigenvalue weighted by Gasteiger charge is -2.36. The monoisotopic (exact) mass is 263 g/mol. The molecule has 0 spiro atoms. The first kappa shape index (κ1) is 13.7. The number of benzene rings is 1. The summed E-state index contributed by atoms with van der Waals surface area (Å²) in [5.74, 6) is -0.939. The van der Waals surface area contributed by atoms with E-state index >= 15 is 0 Å². The van der Waals surface area contributed by atoms with Crippen molar-refractivity contribution in [3.05, 3.63) is 23.8 Å². The van der Waals surface area contributed by atoms with Gasteiger partial charge in [-0.3, -0.25) is 4.90 Å². The molecule has 0 aromatic heterocycles. The summed E-state index contributed by atoms with van der Waals surface area (Å²) in [7, 11) is 0. The van der Waals surface area contributed by atoms with Crippen molar-refractivity contribution in [1.82, 2.24) is 4.90 Å². The second kappa shape index (κ2) is 5.93. The molecule has 3 N–H and O–H groups in total. The maximum atomic E-state index is 10.9. The van der Waals surface area contributed by atoms with Gasteiger partial charge in [0.1, 0.15) is 0 Å². The van der Waals surface area contributed by atoms with Crippen molar-refractivity contribution in [2.75, 3.05) is 43.4 Å². The van der Waals surface area contributed by atoms with E-state index in [9.17, 15) is 4.79 Å². The smallest absolute Gasteiger partial charge is 0.335 e. The zero-order valence-electron chi connectivity index (χ0n) is 11.3. The van der Waals surface area contributed by atoms with Crippen LogP contribution in [0.3, 0.4) is 0 Å². The van der Waals surface area contributed by atoms with Gasteiger partial charge in [-0.15, -0.1) is 0 Å². The third-order valence-corrected chi connectivity index (χ3v) is 3.53. The van der Waals surface area contributed by atoms with Crippen molar-refractivity contribution in [3.8, 4) is 0 Å². The number of carboxylic acid groups (broad SMARTS) is 1. The van der Waals surface area contributed by atoms with Gasteiger partial charge in [0.05, 0.1) is 16.9 Å². The fourth-order valence-electron chi connectivity index (χ4n) is 2.50. The highest BCUT2D eigenvalue weighted by Crippen LogP contribution is 2.25. The van der Waals surface area contributed by atoms with Gasteiger partial charge in [0.25, 0.3) is 0 Å². The van der Waals surface area contributed by atoms with Gasteiger partial charge in [-0.1, -0.05) is 6.92 Å². The molecule has 1 saturated heterocycles. The van der Waals surface area contributed by atoms with Crippen LogP contribution in [0.25, 0.3) is 0 Å². The van der Waals surface area contributed by atoms with Crippen molar-refractivity contribution in [1.29, 1.82) is 0 Å². The zero-order valence-corrected chi connectivity index (χ0v) is 11.3. The number of aromatic carboxylic acids is 1. The Bertz CT molecular complexity index is 454. The first-order valence-electron chi connectivity index (χ1n) is 6.72. The summed E-state index contributed by atoms with van der Waals surface area (Å²) in [5, 5.41) is 8.93. The van der Waals surface area contributed by atoms with E-state index < -0.39 is 5.97 Å². The molecular weight excluding hydrogens is 242 g/mol. The van der Waals surface area contributed by atoms with Gasteiger partial charge in [0, 0.05) is 26.2 Å². The summed E-state index contributed by atoms with van der Waals surface area (Å²) < 4.78 is 0. The number of hydrogen-bond acceptors (Lipinski definition) is 4. The van der Waals surface area contributed by atoms with Crippen molar-refractivity contribution >= 4 is 17.3 Å². The molecule has 5 heteroatoms. The molecular formula is C14H21N3O2. The summed E-state index contributed by atoms with van der Waals surface area (Å²) in [6, 6.07) is 4.97.